The van der Waals surface area contributed by atoms with Gasteiger partial charge in [0, 0.05) is 50.0 Å². The number of piperidine rings is 1. The molecule has 8 nitrogen and oxygen atoms in total. The lowest BCUT2D eigenvalue weighted by atomic mass is 9.66. The maximum absolute atomic E-state index is 14.7. The topological polar surface area (TPSA) is 127 Å². The summed E-state index contributed by atoms with van der Waals surface area (Å²) in [6, 6.07) is 3.45. The van der Waals surface area contributed by atoms with Crippen molar-refractivity contribution in [2.24, 2.45) is 52.1 Å². The van der Waals surface area contributed by atoms with Gasteiger partial charge in [-0.2, -0.15) is 0 Å². The maximum Gasteiger partial charge on any atom is 0.285 e. The van der Waals surface area contributed by atoms with Gasteiger partial charge in [0.05, 0.1) is 6.04 Å². The van der Waals surface area contributed by atoms with Crippen LogP contribution in [0.15, 0.2) is 24.5 Å². The van der Waals surface area contributed by atoms with E-state index in [1.54, 1.807) is 6.20 Å². The van der Waals surface area contributed by atoms with Crippen molar-refractivity contribution in [2.75, 3.05) is 6.54 Å². The fourth-order valence-corrected chi connectivity index (χ4v) is 10.1. The van der Waals surface area contributed by atoms with E-state index < -0.39 is 29.6 Å². The number of primary amides is 1. The summed E-state index contributed by atoms with van der Waals surface area (Å²) in [4.78, 5) is 73.8. The first-order valence-corrected chi connectivity index (χ1v) is 18.6. The van der Waals surface area contributed by atoms with Crippen molar-refractivity contribution < 1.29 is 24.0 Å². The number of carbonyl (C=O) groups is 5. The van der Waals surface area contributed by atoms with Crippen LogP contribution in [0, 0.1) is 46.3 Å². The molecule has 5 atom stereocenters. The minimum absolute atomic E-state index is 0.0388. The number of carbonyl (C=O) groups excluding carboxylic acids is 5. The van der Waals surface area contributed by atoms with Gasteiger partial charge < -0.3 is 10.6 Å². The highest BCUT2D eigenvalue weighted by Gasteiger charge is 2.69. The van der Waals surface area contributed by atoms with E-state index in [2.05, 4.69) is 24.9 Å². The lowest BCUT2D eigenvalue weighted by molar-refractivity contribution is -0.147. The molecule has 1 saturated heterocycles. The molecule has 8 heteroatoms. The number of amides is 2. The molecule has 1 aromatic heterocycles. The van der Waals surface area contributed by atoms with Crippen LogP contribution in [0.1, 0.15) is 122 Å². The summed E-state index contributed by atoms with van der Waals surface area (Å²) in [5.74, 6) is -2.03. The third-order valence-corrected chi connectivity index (χ3v) is 13.0. The Labute approximate surface area is 280 Å². The molecule has 1 unspecified atom stereocenters. The van der Waals surface area contributed by atoms with Gasteiger partial charge in [-0.1, -0.05) is 71.3 Å². The first kappa shape index (κ1) is 34.0. The van der Waals surface area contributed by atoms with Crippen LogP contribution in [-0.4, -0.2) is 51.6 Å². The van der Waals surface area contributed by atoms with Crippen LogP contribution in [0.2, 0.25) is 0 Å². The van der Waals surface area contributed by atoms with Gasteiger partial charge in [0.1, 0.15) is 5.78 Å². The molecule has 4 saturated carbocycles. The Balaban J connectivity index is 1.21. The van der Waals surface area contributed by atoms with Gasteiger partial charge in [0.25, 0.3) is 5.91 Å². The average molecular weight is 646 g/mol. The Kier molecular flexibility index (Phi) is 10.1. The summed E-state index contributed by atoms with van der Waals surface area (Å²) in [5.41, 5.74) is 6.41. The molecule has 5 fully saturated rings. The molecular weight excluding hydrogens is 590 g/mol. The molecule has 0 spiro atoms. The van der Waals surface area contributed by atoms with Crippen LogP contribution in [0.3, 0.4) is 0 Å². The molecule has 0 aromatic carbocycles. The van der Waals surface area contributed by atoms with Gasteiger partial charge in [-0.3, -0.25) is 29.0 Å². The van der Waals surface area contributed by atoms with E-state index in [4.69, 9.17) is 5.73 Å². The normalized spacial score (nSPS) is 27.8. The zero-order valence-corrected chi connectivity index (χ0v) is 28.6. The van der Waals surface area contributed by atoms with Crippen LogP contribution in [0.5, 0.6) is 0 Å². The van der Waals surface area contributed by atoms with Crippen LogP contribution < -0.4 is 5.73 Å². The van der Waals surface area contributed by atoms with Crippen LogP contribution in [0.25, 0.3) is 0 Å². The van der Waals surface area contributed by atoms with E-state index in [1.807, 2.05) is 17.2 Å². The van der Waals surface area contributed by atoms with Gasteiger partial charge in [-0.15, -0.1) is 0 Å². The number of fused-ring (bicyclic) bond motifs is 1. The third kappa shape index (κ3) is 7.57. The molecular formula is C39H55N3O5. The molecule has 2 heterocycles. The Morgan fingerprint density at radius 2 is 1.66 bits per heavy atom. The van der Waals surface area contributed by atoms with Crippen molar-refractivity contribution in [1.82, 2.24) is 9.88 Å². The summed E-state index contributed by atoms with van der Waals surface area (Å²) < 4.78 is 0. The first-order chi connectivity index (χ1) is 22.5. The number of likely N-dealkylation sites (tertiary alicyclic amines) is 1. The van der Waals surface area contributed by atoms with E-state index in [-0.39, 0.29) is 58.9 Å². The molecule has 1 aliphatic heterocycles. The number of nitrogens with zero attached hydrogens (tertiary/aromatic N) is 2. The fourth-order valence-electron chi connectivity index (χ4n) is 10.1. The Morgan fingerprint density at radius 1 is 0.957 bits per heavy atom. The minimum Gasteiger partial charge on any atom is -0.363 e. The molecule has 0 bridgehead atoms. The van der Waals surface area contributed by atoms with Crippen molar-refractivity contribution >= 4 is 29.2 Å². The van der Waals surface area contributed by atoms with Crippen molar-refractivity contribution in [2.45, 2.75) is 129 Å². The van der Waals surface area contributed by atoms with E-state index in [1.165, 1.54) is 6.42 Å². The maximum atomic E-state index is 14.7. The summed E-state index contributed by atoms with van der Waals surface area (Å²) in [6.07, 6.45) is 18.3. The zero-order valence-electron chi connectivity index (χ0n) is 28.6. The highest BCUT2D eigenvalue weighted by atomic mass is 16.2. The van der Waals surface area contributed by atoms with Gasteiger partial charge in [-0.05, 0) is 84.7 Å². The van der Waals surface area contributed by atoms with Crippen LogP contribution >= 0.6 is 0 Å². The molecule has 4 aliphatic carbocycles. The zero-order chi connectivity index (χ0) is 33.3. The summed E-state index contributed by atoms with van der Waals surface area (Å²) in [5, 5.41) is 0. The molecule has 0 radical (unpaired) electrons. The number of nitrogens with two attached hydrogens (primary N) is 1. The van der Waals surface area contributed by atoms with Gasteiger partial charge in [0.15, 0.2) is 5.78 Å². The smallest absolute Gasteiger partial charge is 0.285 e. The number of hydrogen-bond donors (Lipinski definition) is 1. The fraction of sp³-hybridized carbons (Fsp3) is 0.744. The standard InChI is InChI=1S/C39H55N3O5/c1-38(2)31-24-42(34(33(31)38)32(44)19-28(18-25-13-14-25)35(45)36(40)46)37(47)30(27-11-5-3-6-12-27)20-29(43)22-39(15-7-4-8-16-39)21-26-10-9-17-41-23-26/h9-10,17,23,25,27-28,30-31,33-34H,3-8,11-16,18-22,24H2,1-2H3,(H2,40,46)/t28?,30-,31-,33-,34+/m0/s1. The Bertz CT molecular complexity index is 1340. The van der Waals surface area contributed by atoms with E-state index >= 15 is 0 Å². The van der Waals surface area contributed by atoms with Crippen molar-refractivity contribution in [3.63, 3.8) is 0 Å². The predicted octanol–water partition coefficient (Wildman–Crippen LogP) is 6.03. The van der Waals surface area contributed by atoms with Crippen molar-refractivity contribution in [1.29, 1.82) is 0 Å². The summed E-state index contributed by atoms with van der Waals surface area (Å²) in [6.45, 7) is 4.84. The summed E-state index contributed by atoms with van der Waals surface area (Å²) >= 11 is 0. The van der Waals surface area contributed by atoms with Crippen molar-refractivity contribution in [3.05, 3.63) is 30.1 Å². The number of ketones is 3. The monoisotopic (exact) mass is 645 g/mol. The van der Waals surface area contributed by atoms with E-state index in [9.17, 15) is 24.0 Å². The number of hydrogen-bond acceptors (Lipinski definition) is 6. The molecule has 6 rings (SSSR count). The lowest BCUT2D eigenvalue weighted by Crippen LogP contribution is -2.50. The minimum atomic E-state index is -0.984. The number of pyridine rings is 1. The van der Waals surface area contributed by atoms with Crippen molar-refractivity contribution in [3.8, 4) is 0 Å². The predicted molar refractivity (Wildman–Crippen MR) is 179 cm³/mol. The summed E-state index contributed by atoms with van der Waals surface area (Å²) in [7, 11) is 0. The average Bonchev–Trinajstić information content (AvgIpc) is 3.91. The highest BCUT2D eigenvalue weighted by molar-refractivity contribution is 6.36. The molecule has 5 aliphatic rings. The first-order valence-electron chi connectivity index (χ1n) is 18.6. The second-order valence-corrected chi connectivity index (χ2v) is 16.7. The number of aromatic nitrogens is 1. The van der Waals surface area contributed by atoms with E-state index in [0.29, 0.717) is 25.3 Å². The van der Waals surface area contributed by atoms with Gasteiger partial charge in [-0.25, -0.2) is 0 Å². The number of Topliss-reactive ketones (excluding diaryl/α,β-unsaturated/α-hetero) is 3. The molecule has 2 amide bonds. The highest BCUT2D eigenvalue weighted by Crippen LogP contribution is 2.65. The molecule has 2 N–H and O–H groups in total. The second-order valence-electron chi connectivity index (χ2n) is 16.7. The molecule has 1 aromatic rings. The Morgan fingerprint density at radius 3 is 2.30 bits per heavy atom. The largest absolute Gasteiger partial charge is 0.363 e. The van der Waals surface area contributed by atoms with E-state index in [0.717, 1.165) is 82.6 Å². The Hall–Kier alpha value is -2.90. The van der Waals surface area contributed by atoms with Gasteiger partial charge >= 0.3 is 0 Å². The molecule has 256 valence electrons. The second kappa shape index (κ2) is 13.9. The van der Waals surface area contributed by atoms with Crippen LogP contribution in [0.4, 0.5) is 0 Å². The lowest BCUT2D eigenvalue weighted by Gasteiger charge is -2.39. The third-order valence-electron chi connectivity index (χ3n) is 13.0. The van der Waals surface area contributed by atoms with Gasteiger partial charge in [0.2, 0.25) is 11.7 Å². The SMILES string of the molecule is CC1(C)[C@@H]2[C@@H](C(=O)CC(CC3CC3)C(=O)C(N)=O)N(C(=O)[C@@H](CC(=O)CC3(Cc4cccnc4)CCCCC3)C3CCCCC3)C[C@@H]21. The molecule has 47 heavy (non-hydrogen) atoms. The number of rotatable bonds is 15. The quantitative estimate of drug-likeness (QED) is 0.232. The van der Waals surface area contributed by atoms with Crippen LogP contribution in [-0.2, 0) is 30.4 Å².